The van der Waals surface area contributed by atoms with Crippen LogP contribution in [0.15, 0.2) is 30.5 Å². The molecule has 0 aliphatic carbocycles. The number of benzene rings is 1. The third-order valence-corrected chi connectivity index (χ3v) is 1.80. The minimum Gasteiger partial charge on any atom is -0.361 e. The van der Waals surface area contributed by atoms with Crippen molar-refractivity contribution in [2.45, 2.75) is 41.0 Å². The summed E-state index contributed by atoms with van der Waals surface area (Å²) in [5.41, 5.74) is 2.54. The number of hydrogen-bond acceptors (Lipinski definition) is 0. The number of fused-ring (bicyclic) bond motifs is 1. The predicted molar refractivity (Wildman–Crippen MR) is 70.3 cm³/mol. The first-order chi connectivity index (χ1) is 7.29. The number of nitrogens with one attached hydrogen (secondary N) is 1. The Morgan fingerprint density at radius 1 is 1.07 bits per heavy atom. The fraction of sp³-hybridized carbons (Fsp3) is 0.429. The van der Waals surface area contributed by atoms with Gasteiger partial charge < -0.3 is 4.98 Å². The minimum atomic E-state index is 1.22. The van der Waals surface area contributed by atoms with Crippen molar-refractivity contribution in [1.82, 2.24) is 4.98 Å². The first-order valence-electron chi connectivity index (χ1n) is 5.82. The highest BCUT2D eigenvalue weighted by molar-refractivity contribution is 5.82. The zero-order valence-electron chi connectivity index (χ0n) is 10.6. The lowest BCUT2D eigenvalue weighted by molar-refractivity contribution is 1.09. The van der Waals surface area contributed by atoms with Gasteiger partial charge in [0.15, 0.2) is 0 Å². The Labute approximate surface area is 93.5 Å². The van der Waals surface area contributed by atoms with Gasteiger partial charge in [0.2, 0.25) is 0 Å². The summed E-state index contributed by atoms with van der Waals surface area (Å²) < 4.78 is 0. The molecule has 0 saturated heterocycles. The fourth-order valence-corrected chi connectivity index (χ4v) is 1.22. The monoisotopic (exact) mass is 205 g/mol. The Bertz CT molecular complexity index is 360. The molecular formula is C14H23N. The summed E-state index contributed by atoms with van der Waals surface area (Å²) in [5.74, 6) is 0. The first-order valence-corrected chi connectivity index (χ1v) is 5.82. The van der Waals surface area contributed by atoms with Gasteiger partial charge in [-0.2, -0.15) is 0 Å². The van der Waals surface area contributed by atoms with Crippen LogP contribution in [0, 0.1) is 6.92 Å². The highest BCUT2D eigenvalue weighted by Gasteiger charge is 1.94. The second kappa shape index (κ2) is 8.10. The van der Waals surface area contributed by atoms with Gasteiger partial charge in [-0.3, -0.25) is 0 Å². The molecule has 1 nitrogen and oxygen atoms in total. The van der Waals surface area contributed by atoms with E-state index in [2.05, 4.69) is 44.0 Å². The van der Waals surface area contributed by atoms with E-state index in [0.29, 0.717) is 0 Å². The summed E-state index contributed by atoms with van der Waals surface area (Å²) in [7, 11) is 0. The topological polar surface area (TPSA) is 15.8 Å². The van der Waals surface area contributed by atoms with Crippen molar-refractivity contribution in [2.24, 2.45) is 0 Å². The number of rotatable bonds is 0. The van der Waals surface area contributed by atoms with Gasteiger partial charge in [-0.15, -0.1) is 0 Å². The number of aromatic nitrogens is 1. The standard InChI is InChI=1S/C9H9N.C3H8.C2H6/c1-7-6-10-9-5-3-2-4-8(7)9;1-3-2;1-2/h2-6,10H,1H3;3H2,1-2H3;1-2H3. The van der Waals surface area contributed by atoms with Gasteiger partial charge in [0.05, 0.1) is 0 Å². The molecule has 1 N–H and O–H groups in total. The molecule has 1 heteroatoms. The molecule has 0 aliphatic rings. The molecule has 0 spiro atoms. The Morgan fingerprint density at radius 2 is 1.60 bits per heavy atom. The van der Waals surface area contributed by atoms with Crippen molar-refractivity contribution >= 4 is 10.9 Å². The van der Waals surface area contributed by atoms with Gasteiger partial charge in [-0.1, -0.05) is 52.3 Å². The van der Waals surface area contributed by atoms with Gasteiger partial charge in [-0.25, -0.2) is 0 Å². The summed E-state index contributed by atoms with van der Waals surface area (Å²) in [6, 6.07) is 8.31. The second-order valence-corrected chi connectivity index (χ2v) is 3.22. The molecule has 84 valence electrons. The van der Waals surface area contributed by atoms with Crippen LogP contribution in [0.2, 0.25) is 0 Å². The first kappa shape index (κ1) is 13.8. The van der Waals surface area contributed by atoms with Gasteiger partial charge >= 0.3 is 0 Å². The van der Waals surface area contributed by atoms with Crippen molar-refractivity contribution in [3.8, 4) is 0 Å². The molecule has 0 amide bonds. The quantitative estimate of drug-likeness (QED) is 0.628. The highest BCUT2D eigenvalue weighted by Crippen LogP contribution is 2.15. The van der Waals surface area contributed by atoms with Gasteiger partial charge in [-0.05, 0) is 18.6 Å². The summed E-state index contributed by atoms with van der Waals surface area (Å²) >= 11 is 0. The number of para-hydroxylation sites is 1. The minimum absolute atomic E-state index is 1.22. The molecule has 1 heterocycles. The lowest BCUT2D eigenvalue weighted by Gasteiger charge is -1.86. The van der Waals surface area contributed by atoms with Crippen LogP contribution in [-0.4, -0.2) is 4.98 Å². The third kappa shape index (κ3) is 4.20. The molecule has 0 unspecified atom stereocenters. The van der Waals surface area contributed by atoms with E-state index >= 15 is 0 Å². The SMILES string of the molecule is CC.CCC.Cc1c[nH]c2ccccc12. The molecule has 0 radical (unpaired) electrons. The van der Waals surface area contributed by atoms with E-state index in [1.165, 1.54) is 22.9 Å². The van der Waals surface area contributed by atoms with E-state index < -0.39 is 0 Å². The molecule has 2 aromatic rings. The van der Waals surface area contributed by atoms with Crippen LogP contribution in [0.25, 0.3) is 10.9 Å². The molecule has 0 fully saturated rings. The van der Waals surface area contributed by atoms with Gasteiger partial charge in [0.25, 0.3) is 0 Å². The summed E-state index contributed by atoms with van der Waals surface area (Å²) in [6.45, 7) is 10.4. The van der Waals surface area contributed by atoms with E-state index in [1.54, 1.807) is 0 Å². The Kier molecular flexibility index (Phi) is 7.43. The highest BCUT2D eigenvalue weighted by atomic mass is 14.7. The van der Waals surface area contributed by atoms with Crippen LogP contribution in [0.3, 0.4) is 0 Å². The maximum Gasteiger partial charge on any atom is 0.0456 e. The van der Waals surface area contributed by atoms with E-state index in [0.717, 1.165) is 0 Å². The van der Waals surface area contributed by atoms with Crippen LogP contribution < -0.4 is 0 Å². The molecule has 0 saturated carbocycles. The Hall–Kier alpha value is -1.24. The van der Waals surface area contributed by atoms with Crippen LogP contribution in [0.1, 0.15) is 39.7 Å². The van der Waals surface area contributed by atoms with Crippen molar-refractivity contribution in [1.29, 1.82) is 0 Å². The lowest BCUT2D eigenvalue weighted by atomic mass is 10.2. The zero-order valence-corrected chi connectivity index (χ0v) is 10.6. The van der Waals surface area contributed by atoms with Crippen LogP contribution >= 0.6 is 0 Å². The lowest BCUT2D eigenvalue weighted by Crippen LogP contribution is -1.64. The number of H-pyrrole nitrogens is 1. The van der Waals surface area contributed by atoms with Crippen LogP contribution in [-0.2, 0) is 0 Å². The van der Waals surface area contributed by atoms with Crippen LogP contribution in [0.5, 0.6) is 0 Å². The average molecular weight is 205 g/mol. The fourth-order valence-electron chi connectivity index (χ4n) is 1.22. The van der Waals surface area contributed by atoms with Crippen molar-refractivity contribution in [2.75, 3.05) is 0 Å². The van der Waals surface area contributed by atoms with E-state index in [1.807, 2.05) is 26.1 Å². The van der Waals surface area contributed by atoms with Crippen molar-refractivity contribution in [3.63, 3.8) is 0 Å². The molecule has 1 aromatic carbocycles. The molecular weight excluding hydrogens is 182 g/mol. The van der Waals surface area contributed by atoms with Gasteiger partial charge in [0.1, 0.15) is 0 Å². The molecule has 0 aliphatic heterocycles. The van der Waals surface area contributed by atoms with E-state index in [-0.39, 0.29) is 0 Å². The molecule has 1 aromatic heterocycles. The largest absolute Gasteiger partial charge is 0.361 e. The third-order valence-electron chi connectivity index (χ3n) is 1.80. The normalized spacial score (nSPS) is 8.60. The van der Waals surface area contributed by atoms with Gasteiger partial charge in [0, 0.05) is 17.1 Å². The van der Waals surface area contributed by atoms with Crippen molar-refractivity contribution < 1.29 is 0 Å². The summed E-state index contributed by atoms with van der Waals surface area (Å²) in [5, 5.41) is 1.32. The molecule has 2 rings (SSSR count). The number of aryl methyl sites for hydroxylation is 1. The average Bonchev–Trinajstić information content (AvgIpc) is 2.65. The Balaban J connectivity index is 0.000000342. The maximum absolute atomic E-state index is 3.19. The number of hydrogen-bond donors (Lipinski definition) is 1. The maximum atomic E-state index is 3.19. The molecule has 0 bridgehead atoms. The molecule has 15 heavy (non-hydrogen) atoms. The number of aromatic amines is 1. The van der Waals surface area contributed by atoms with Crippen molar-refractivity contribution in [3.05, 3.63) is 36.0 Å². The van der Waals surface area contributed by atoms with E-state index in [4.69, 9.17) is 0 Å². The zero-order chi connectivity index (χ0) is 11.7. The van der Waals surface area contributed by atoms with E-state index in [9.17, 15) is 0 Å². The second-order valence-electron chi connectivity index (χ2n) is 3.22. The summed E-state index contributed by atoms with van der Waals surface area (Å²) in [4.78, 5) is 3.19. The summed E-state index contributed by atoms with van der Waals surface area (Å²) in [6.07, 6.45) is 3.28. The smallest absolute Gasteiger partial charge is 0.0456 e. The molecule has 0 atom stereocenters. The predicted octanol–water partition coefficient (Wildman–Crippen LogP) is 4.92. The Morgan fingerprint density at radius 3 is 2.13 bits per heavy atom. The van der Waals surface area contributed by atoms with Crippen LogP contribution in [0.4, 0.5) is 0 Å².